The van der Waals surface area contributed by atoms with E-state index in [0.29, 0.717) is 4.88 Å². The quantitative estimate of drug-likeness (QED) is 0.833. The smallest absolute Gasteiger partial charge is 0.261 e. The van der Waals surface area contributed by atoms with E-state index >= 15 is 0 Å². The highest BCUT2D eigenvalue weighted by molar-refractivity contribution is 7.14. The molecular weight excluding hydrogens is 258 g/mol. The van der Waals surface area contributed by atoms with Crippen molar-refractivity contribution in [2.24, 2.45) is 0 Å². The summed E-state index contributed by atoms with van der Waals surface area (Å²) in [5, 5.41) is 11.8. The fraction of sp³-hybridized carbons (Fsp3) is 0.533. The van der Waals surface area contributed by atoms with Crippen LogP contribution in [-0.2, 0) is 0 Å². The van der Waals surface area contributed by atoms with Gasteiger partial charge in [-0.15, -0.1) is 11.3 Å². The summed E-state index contributed by atoms with van der Waals surface area (Å²) in [6.45, 7) is 7.96. The minimum Gasteiger partial charge on any atom is -0.384 e. The molecule has 3 nitrogen and oxygen atoms in total. The summed E-state index contributed by atoms with van der Waals surface area (Å²) in [7, 11) is 0. The van der Waals surface area contributed by atoms with Gasteiger partial charge in [0, 0.05) is 5.54 Å². The zero-order valence-electron chi connectivity index (χ0n) is 12.0. The minimum absolute atomic E-state index is 0.0450. The number of carbonyl (C=O) groups is 1. The Bertz CT molecular complexity index is 504. The lowest BCUT2D eigenvalue weighted by atomic mass is 9.95. The monoisotopic (exact) mass is 279 g/mol. The molecule has 0 aromatic carbocycles. The molecule has 0 aliphatic rings. The van der Waals surface area contributed by atoms with Crippen molar-refractivity contribution in [1.29, 1.82) is 0 Å². The molecule has 0 saturated heterocycles. The van der Waals surface area contributed by atoms with Gasteiger partial charge >= 0.3 is 0 Å². The highest BCUT2D eigenvalue weighted by atomic mass is 32.1. The molecule has 1 heterocycles. The number of amides is 1. The molecule has 1 rings (SSSR count). The Morgan fingerprint density at radius 3 is 2.63 bits per heavy atom. The van der Waals surface area contributed by atoms with E-state index in [4.69, 9.17) is 5.11 Å². The van der Waals surface area contributed by atoms with Crippen LogP contribution in [0.3, 0.4) is 0 Å². The van der Waals surface area contributed by atoms with Crippen molar-refractivity contribution in [3.8, 4) is 11.8 Å². The lowest BCUT2D eigenvalue weighted by molar-refractivity contribution is 0.0905. The molecule has 19 heavy (non-hydrogen) atoms. The first-order chi connectivity index (χ1) is 8.95. The zero-order chi connectivity index (χ0) is 14.5. The van der Waals surface area contributed by atoms with Crippen LogP contribution in [-0.4, -0.2) is 23.2 Å². The maximum atomic E-state index is 12.2. The number of rotatable bonds is 4. The molecule has 0 unspecified atom stereocenters. The number of hydrogen-bond donors (Lipinski definition) is 2. The Hall–Kier alpha value is -1.31. The molecule has 1 amide bonds. The predicted octanol–water partition coefficient (Wildman–Crippen LogP) is 2.71. The van der Waals surface area contributed by atoms with E-state index < -0.39 is 0 Å². The van der Waals surface area contributed by atoms with E-state index in [9.17, 15) is 4.79 Å². The first kappa shape index (κ1) is 15.7. The molecule has 0 aliphatic carbocycles. The van der Waals surface area contributed by atoms with Crippen LogP contribution < -0.4 is 5.32 Å². The third-order valence-electron chi connectivity index (χ3n) is 3.40. The largest absolute Gasteiger partial charge is 0.384 e. The van der Waals surface area contributed by atoms with Gasteiger partial charge in [-0.3, -0.25) is 4.79 Å². The van der Waals surface area contributed by atoms with Crippen LogP contribution in [0.5, 0.6) is 0 Å². The molecule has 2 N–H and O–H groups in total. The molecule has 0 aliphatic heterocycles. The molecule has 0 bridgehead atoms. The SMILES string of the molecule is CCC(C)(CC)NC(=O)c1cc(C)c(C#CCO)s1. The van der Waals surface area contributed by atoms with E-state index in [-0.39, 0.29) is 18.1 Å². The standard InChI is InChI=1S/C15H21NO2S/c1-5-15(4,6-2)16-14(18)13-10-11(3)12(19-13)8-7-9-17/h10,17H,5-6,9H2,1-4H3,(H,16,18). The second kappa shape index (κ2) is 6.74. The fourth-order valence-corrected chi connectivity index (χ4v) is 2.54. The van der Waals surface area contributed by atoms with Gasteiger partial charge in [-0.05, 0) is 38.3 Å². The lowest BCUT2D eigenvalue weighted by Gasteiger charge is -2.27. The summed E-state index contributed by atoms with van der Waals surface area (Å²) < 4.78 is 0. The number of hydrogen-bond acceptors (Lipinski definition) is 3. The Kier molecular flexibility index (Phi) is 5.59. The average Bonchev–Trinajstić information content (AvgIpc) is 2.77. The van der Waals surface area contributed by atoms with Crippen LogP contribution in [0.4, 0.5) is 0 Å². The van der Waals surface area contributed by atoms with Crippen LogP contribution in [0.2, 0.25) is 0 Å². The van der Waals surface area contributed by atoms with Gasteiger partial charge in [-0.2, -0.15) is 0 Å². The topological polar surface area (TPSA) is 49.3 Å². The highest BCUT2D eigenvalue weighted by Crippen LogP contribution is 2.22. The van der Waals surface area contributed by atoms with Crippen LogP contribution in [0.1, 0.15) is 53.7 Å². The van der Waals surface area contributed by atoms with Crippen LogP contribution >= 0.6 is 11.3 Å². The Balaban J connectivity index is 2.89. The normalized spacial score (nSPS) is 10.8. The van der Waals surface area contributed by atoms with Gasteiger partial charge in [-0.1, -0.05) is 25.7 Å². The highest BCUT2D eigenvalue weighted by Gasteiger charge is 2.23. The second-order valence-electron chi connectivity index (χ2n) is 4.80. The summed E-state index contributed by atoms with van der Waals surface area (Å²) in [6.07, 6.45) is 1.80. The van der Waals surface area contributed by atoms with Crippen molar-refractivity contribution in [1.82, 2.24) is 5.32 Å². The zero-order valence-corrected chi connectivity index (χ0v) is 12.8. The summed E-state index contributed by atoms with van der Waals surface area (Å²) in [4.78, 5) is 13.7. The second-order valence-corrected chi connectivity index (χ2v) is 5.86. The van der Waals surface area contributed by atoms with E-state index in [1.807, 2.05) is 13.0 Å². The number of nitrogens with one attached hydrogen (secondary N) is 1. The van der Waals surface area contributed by atoms with Crippen LogP contribution in [0.15, 0.2) is 6.07 Å². The number of aliphatic hydroxyl groups is 1. The molecule has 1 aromatic heterocycles. The van der Waals surface area contributed by atoms with Crippen molar-refractivity contribution < 1.29 is 9.90 Å². The van der Waals surface area contributed by atoms with Gasteiger partial charge in [0.1, 0.15) is 6.61 Å². The average molecular weight is 279 g/mol. The van der Waals surface area contributed by atoms with E-state index in [1.165, 1.54) is 11.3 Å². The van der Waals surface area contributed by atoms with Crippen LogP contribution in [0.25, 0.3) is 0 Å². The van der Waals surface area contributed by atoms with Gasteiger partial charge < -0.3 is 10.4 Å². The number of carbonyl (C=O) groups excluding carboxylic acids is 1. The summed E-state index contributed by atoms with van der Waals surface area (Å²) in [6, 6.07) is 1.85. The maximum Gasteiger partial charge on any atom is 0.261 e. The third kappa shape index (κ3) is 4.09. The predicted molar refractivity (Wildman–Crippen MR) is 79.5 cm³/mol. The van der Waals surface area contributed by atoms with Crippen molar-refractivity contribution in [2.45, 2.75) is 46.1 Å². The summed E-state index contributed by atoms with van der Waals surface area (Å²) in [5.41, 5.74) is 0.817. The third-order valence-corrected chi connectivity index (χ3v) is 4.55. The van der Waals surface area contributed by atoms with E-state index in [0.717, 1.165) is 23.3 Å². The maximum absolute atomic E-state index is 12.2. The van der Waals surface area contributed by atoms with Gasteiger partial charge in [-0.25, -0.2) is 0 Å². The van der Waals surface area contributed by atoms with Gasteiger partial charge in [0.05, 0.1) is 9.75 Å². The van der Waals surface area contributed by atoms with Crippen molar-refractivity contribution >= 4 is 17.2 Å². The van der Waals surface area contributed by atoms with E-state index in [2.05, 4.69) is 37.9 Å². The van der Waals surface area contributed by atoms with Gasteiger partial charge in [0.25, 0.3) is 5.91 Å². The minimum atomic E-state index is -0.164. The molecule has 0 spiro atoms. The lowest BCUT2D eigenvalue weighted by Crippen LogP contribution is -2.44. The fourth-order valence-electron chi connectivity index (χ4n) is 1.60. The summed E-state index contributed by atoms with van der Waals surface area (Å²) >= 11 is 1.37. The molecule has 0 atom stereocenters. The molecule has 0 saturated carbocycles. The van der Waals surface area contributed by atoms with E-state index in [1.54, 1.807) is 0 Å². The number of thiophene rings is 1. The molecule has 0 fully saturated rings. The van der Waals surface area contributed by atoms with Crippen LogP contribution in [0, 0.1) is 18.8 Å². The molecule has 0 radical (unpaired) electrons. The first-order valence-corrected chi connectivity index (χ1v) is 7.30. The number of aliphatic hydroxyl groups excluding tert-OH is 1. The molecule has 1 aromatic rings. The molecule has 104 valence electrons. The van der Waals surface area contributed by atoms with Crippen molar-refractivity contribution in [3.63, 3.8) is 0 Å². The Morgan fingerprint density at radius 1 is 1.47 bits per heavy atom. The van der Waals surface area contributed by atoms with Crippen molar-refractivity contribution in [3.05, 3.63) is 21.4 Å². The van der Waals surface area contributed by atoms with Gasteiger partial charge in [0.15, 0.2) is 0 Å². The van der Waals surface area contributed by atoms with Gasteiger partial charge in [0.2, 0.25) is 0 Å². The Morgan fingerprint density at radius 2 is 2.11 bits per heavy atom. The Labute approximate surface area is 119 Å². The first-order valence-electron chi connectivity index (χ1n) is 6.48. The molecule has 4 heteroatoms. The van der Waals surface area contributed by atoms with Crippen molar-refractivity contribution in [2.75, 3.05) is 6.61 Å². The molecular formula is C15H21NO2S. The summed E-state index contributed by atoms with van der Waals surface area (Å²) in [5.74, 6) is 5.43. The number of aryl methyl sites for hydroxylation is 1.